The number of fused-ring (bicyclic) bond motifs is 2. The van der Waals surface area contributed by atoms with E-state index in [0.717, 1.165) is 38.8 Å². The van der Waals surface area contributed by atoms with Crippen molar-refractivity contribution in [1.82, 2.24) is 14.8 Å². The Morgan fingerprint density at radius 2 is 2.00 bits per heavy atom. The van der Waals surface area contributed by atoms with E-state index in [2.05, 4.69) is 33.0 Å². The standard InChI is InChI=1S/C29H33FN4O3/c1-18-14-21(9-10-23(18)30)34-25-15-20-17-32-33-24(20)16-22(25)27(28(34)29(2,3)11-12-31)19(7-5-13-35)6-4-8-26(36)37/h9-10,14-17,19,35H,4-8,11,13H2,1-3H3,(H,32,33)(H,36,37). The maximum Gasteiger partial charge on any atom is 0.303 e. The Hall–Kier alpha value is -3.70. The predicted octanol–water partition coefficient (Wildman–Crippen LogP) is 6.26. The quantitative estimate of drug-likeness (QED) is 0.223. The van der Waals surface area contributed by atoms with Crippen molar-refractivity contribution < 1.29 is 19.4 Å². The lowest BCUT2D eigenvalue weighted by atomic mass is 9.78. The fourth-order valence-corrected chi connectivity index (χ4v) is 5.42. The smallest absolute Gasteiger partial charge is 0.303 e. The molecule has 0 aliphatic carbocycles. The van der Waals surface area contributed by atoms with Crippen LogP contribution in [0.25, 0.3) is 27.5 Å². The summed E-state index contributed by atoms with van der Waals surface area (Å²) in [6.07, 6.45) is 4.46. The van der Waals surface area contributed by atoms with Crippen LogP contribution in [-0.4, -0.2) is 37.6 Å². The molecule has 0 saturated heterocycles. The van der Waals surface area contributed by atoms with Crippen molar-refractivity contribution in [3.8, 4) is 11.8 Å². The molecule has 194 valence electrons. The summed E-state index contributed by atoms with van der Waals surface area (Å²) in [5, 5.41) is 37.9. The number of halogens is 1. The maximum absolute atomic E-state index is 14.3. The van der Waals surface area contributed by atoms with E-state index in [1.807, 2.05) is 19.9 Å². The van der Waals surface area contributed by atoms with Gasteiger partial charge in [0.05, 0.1) is 23.3 Å². The summed E-state index contributed by atoms with van der Waals surface area (Å²) in [4.78, 5) is 11.3. The van der Waals surface area contributed by atoms with Gasteiger partial charge >= 0.3 is 5.97 Å². The lowest BCUT2D eigenvalue weighted by molar-refractivity contribution is -0.137. The van der Waals surface area contributed by atoms with Crippen molar-refractivity contribution in [2.75, 3.05) is 6.61 Å². The second kappa shape index (κ2) is 10.7. The molecular formula is C29H33FN4O3. The number of aromatic amines is 1. The van der Waals surface area contributed by atoms with Gasteiger partial charge < -0.3 is 14.8 Å². The summed E-state index contributed by atoms with van der Waals surface area (Å²) in [6.45, 7) is 5.84. The van der Waals surface area contributed by atoms with Gasteiger partial charge in [0.1, 0.15) is 5.82 Å². The van der Waals surface area contributed by atoms with Gasteiger partial charge in [-0.2, -0.15) is 10.4 Å². The van der Waals surface area contributed by atoms with Crippen molar-refractivity contribution >= 4 is 27.8 Å². The first kappa shape index (κ1) is 26.4. The summed E-state index contributed by atoms with van der Waals surface area (Å²) in [5.74, 6) is -1.16. The molecule has 2 aromatic carbocycles. The first-order valence-corrected chi connectivity index (χ1v) is 12.7. The molecule has 1 unspecified atom stereocenters. The van der Waals surface area contributed by atoms with Crippen molar-refractivity contribution in [2.24, 2.45) is 0 Å². The fraction of sp³-hybridized carbons (Fsp3) is 0.414. The molecular weight excluding hydrogens is 471 g/mol. The topological polar surface area (TPSA) is 115 Å². The van der Waals surface area contributed by atoms with Crippen LogP contribution in [0.4, 0.5) is 4.39 Å². The van der Waals surface area contributed by atoms with Crippen molar-refractivity contribution in [3.63, 3.8) is 0 Å². The van der Waals surface area contributed by atoms with Gasteiger partial charge in [0, 0.05) is 47.0 Å². The van der Waals surface area contributed by atoms with Crippen LogP contribution in [0.3, 0.4) is 0 Å². The van der Waals surface area contributed by atoms with Crippen LogP contribution in [0.1, 0.15) is 75.1 Å². The first-order chi connectivity index (χ1) is 17.7. The Morgan fingerprint density at radius 1 is 1.24 bits per heavy atom. The summed E-state index contributed by atoms with van der Waals surface area (Å²) in [5.41, 5.74) is 4.54. The Bertz CT molecular complexity index is 1480. The van der Waals surface area contributed by atoms with Gasteiger partial charge in [-0.1, -0.05) is 13.8 Å². The molecule has 0 saturated carbocycles. The van der Waals surface area contributed by atoms with Gasteiger partial charge in [-0.05, 0) is 80.0 Å². The number of carboxylic acids is 1. The number of rotatable bonds is 11. The van der Waals surface area contributed by atoms with Gasteiger partial charge in [-0.3, -0.25) is 9.89 Å². The molecule has 0 bridgehead atoms. The third-order valence-corrected chi connectivity index (χ3v) is 7.19. The fourth-order valence-electron chi connectivity index (χ4n) is 5.42. The van der Waals surface area contributed by atoms with E-state index < -0.39 is 11.4 Å². The van der Waals surface area contributed by atoms with Crippen LogP contribution in [0.2, 0.25) is 0 Å². The van der Waals surface area contributed by atoms with Gasteiger partial charge in [0.25, 0.3) is 0 Å². The number of nitrogens with one attached hydrogen (secondary N) is 1. The zero-order valence-corrected chi connectivity index (χ0v) is 21.5. The van der Waals surface area contributed by atoms with Gasteiger partial charge in [0.15, 0.2) is 0 Å². The molecule has 8 heteroatoms. The number of aryl methyl sites for hydroxylation is 1. The molecule has 4 rings (SSSR count). The SMILES string of the molecule is Cc1cc(-n2c(C(C)(C)CC#N)c(C(CCCO)CCCC(=O)O)c3cc4[nH]ncc4cc32)ccc1F. The summed E-state index contributed by atoms with van der Waals surface area (Å²) in [7, 11) is 0. The third kappa shape index (κ3) is 5.23. The van der Waals surface area contributed by atoms with Crippen LogP contribution in [0, 0.1) is 24.1 Å². The molecule has 1 atom stereocenters. The number of aliphatic hydroxyl groups is 1. The maximum atomic E-state index is 14.3. The highest BCUT2D eigenvalue weighted by Crippen LogP contribution is 2.45. The Balaban J connectivity index is 2.09. The molecule has 7 nitrogen and oxygen atoms in total. The monoisotopic (exact) mass is 504 g/mol. The molecule has 0 radical (unpaired) electrons. The largest absolute Gasteiger partial charge is 0.481 e. The van der Waals surface area contributed by atoms with Crippen LogP contribution in [0.15, 0.2) is 36.5 Å². The number of carbonyl (C=O) groups is 1. The molecule has 3 N–H and O–H groups in total. The minimum atomic E-state index is -0.839. The number of carboxylic acid groups (broad SMARTS) is 1. The van der Waals surface area contributed by atoms with Crippen LogP contribution < -0.4 is 0 Å². The zero-order chi connectivity index (χ0) is 26.7. The Labute approximate surface area is 215 Å². The highest BCUT2D eigenvalue weighted by atomic mass is 19.1. The molecule has 37 heavy (non-hydrogen) atoms. The molecule has 2 heterocycles. The Kier molecular flexibility index (Phi) is 7.65. The van der Waals surface area contributed by atoms with Crippen molar-refractivity contribution in [2.45, 2.75) is 70.6 Å². The molecule has 0 fully saturated rings. The predicted molar refractivity (Wildman–Crippen MR) is 141 cm³/mol. The first-order valence-electron chi connectivity index (χ1n) is 12.7. The number of nitrogens with zero attached hydrogens (tertiary/aromatic N) is 3. The molecule has 0 spiro atoms. The number of aliphatic carboxylic acids is 1. The highest BCUT2D eigenvalue weighted by molar-refractivity contribution is 5.99. The van der Waals surface area contributed by atoms with Gasteiger partial charge in [-0.15, -0.1) is 0 Å². The normalized spacial score (nSPS) is 12.8. The summed E-state index contributed by atoms with van der Waals surface area (Å²) in [6, 6.07) is 11.5. The van der Waals surface area contributed by atoms with E-state index in [4.69, 9.17) is 0 Å². The van der Waals surface area contributed by atoms with Crippen LogP contribution in [0.5, 0.6) is 0 Å². The number of aromatic nitrogens is 3. The lowest BCUT2D eigenvalue weighted by Crippen LogP contribution is -2.23. The van der Waals surface area contributed by atoms with E-state index in [9.17, 15) is 24.7 Å². The second-order valence-electron chi connectivity index (χ2n) is 10.4. The minimum Gasteiger partial charge on any atom is -0.481 e. The van der Waals surface area contributed by atoms with E-state index >= 15 is 0 Å². The third-order valence-electron chi connectivity index (χ3n) is 7.19. The van der Waals surface area contributed by atoms with Crippen LogP contribution >= 0.6 is 0 Å². The number of H-pyrrole nitrogens is 1. The number of benzene rings is 2. The summed E-state index contributed by atoms with van der Waals surface area (Å²) < 4.78 is 16.4. The van der Waals surface area contributed by atoms with Gasteiger partial charge in [0.2, 0.25) is 0 Å². The summed E-state index contributed by atoms with van der Waals surface area (Å²) >= 11 is 0. The lowest BCUT2D eigenvalue weighted by Gasteiger charge is -2.29. The molecule has 4 aromatic rings. The second-order valence-corrected chi connectivity index (χ2v) is 10.4. The minimum absolute atomic E-state index is 0.0347. The van der Waals surface area contributed by atoms with Crippen LogP contribution in [-0.2, 0) is 10.2 Å². The van der Waals surface area contributed by atoms with Crippen molar-refractivity contribution in [1.29, 1.82) is 5.26 Å². The average Bonchev–Trinajstić information content (AvgIpc) is 3.43. The Morgan fingerprint density at radius 3 is 2.68 bits per heavy atom. The molecule has 0 aliphatic rings. The zero-order valence-electron chi connectivity index (χ0n) is 21.5. The van der Waals surface area contributed by atoms with E-state index in [-0.39, 0.29) is 31.2 Å². The van der Waals surface area contributed by atoms with Gasteiger partial charge in [-0.25, -0.2) is 4.39 Å². The highest BCUT2D eigenvalue weighted by Gasteiger charge is 2.34. The molecule has 0 aliphatic heterocycles. The van der Waals surface area contributed by atoms with E-state index in [0.29, 0.717) is 31.2 Å². The molecule has 2 aromatic heterocycles. The number of nitriles is 1. The number of aliphatic hydroxyl groups excluding tert-OH is 1. The number of hydrogen-bond donors (Lipinski definition) is 3. The van der Waals surface area contributed by atoms with Crippen molar-refractivity contribution in [3.05, 3.63) is 59.2 Å². The average molecular weight is 505 g/mol. The number of hydrogen-bond acceptors (Lipinski definition) is 4. The van der Waals surface area contributed by atoms with E-state index in [1.165, 1.54) is 6.07 Å². The molecule has 0 amide bonds. The van der Waals surface area contributed by atoms with E-state index in [1.54, 1.807) is 19.2 Å².